The maximum atomic E-state index is 15.1. The van der Waals surface area contributed by atoms with Crippen LogP contribution in [0.15, 0.2) is 22.0 Å². The van der Waals surface area contributed by atoms with Crippen molar-refractivity contribution in [3.63, 3.8) is 0 Å². The molecular weight excluding hydrogens is 425 g/mol. The lowest BCUT2D eigenvalue weighted by molar-refractivity contribution is -0.141. The van der Waals surface area contributed by atoms with E-state index >= 15 is 4.39 Å². The number of pyridine rings is 1. The third kappa shape index (κ3) is 3.89. The number of rotatable bonds is 5. The second-order valence-electron chi connectivity index (χ2n) is 7.59. The maximum Gasteiger partial charge on any atom is 0.344 e. The number of nitrogens with zero attached hydrogens (tertiary/aromatic N) is 3. The van der Waals surface area contributed by atoms with Crippen molar-refractivity contribution in [3.8, 4) is 0 Å². The lowest BCUT2D eigenvalue weighted by Gasteiger charge is -2.36. The summed E-state index contributed by atoms with van der Waals surface area (Å²) in [7, 11) is 2.02. The number of piperazine rings is 1. The number of thioether (sulfide) groups is 1. The molecule has 2 aliphatic heterocycles. The fraction of sp³-hybridized carbons (Fsp3) is 0.476. The lowest BCUT2D eigenvalue weighted by atomic mass is 10.1. The molecule has 0 spiro atoms. The fourth-order valence-corrected chi connectivity index (χ4v) is 5.09. The summed E-state index contributed by atoms with van der Waals surface area (Å²) in [5.41, 5.74) is 0.271. The van der Waals surface area contributed by atoms with Gasteiger partial charge in [-0.1, -0.05) is 11.8 Å². The van der Waals surface area contributed by atoms with E-state index in [4.69, 9.17) is 9.47 Å². The van der Waals surface area contributed by atoms with Gasteiger partial charge in [-0.3, -0.25) is 9.59 Å². The van der Waals surface area contributed by atoms with Crippen molar-refractivity contribution in [3.05, 3.63) is 33.7 Å². The predicted octanol–water partition coefficient (Wildman–Crippen LogP) is 2.24. The molecule has 166 valence electrons. The number of fused-ring (bicyclic) bond motifs is 3. The Morgan fingerprint density at radius 1 is 1.19 bits per heavy atom. The highest BCUT2D eigenvalue weighted by Gasteiger charge is 2.37. The first kappa shape index (κ1) is 21.6. The Kier molecular flexibility index (Phi) is 5.94. The van der Waals surface area contributed by atoms with Crippen molar-refractivity contribution in [2.45, 2.75) is 24.2 Å². The van der Waals surface area contributed by atoms with E-state index in [-0.39, 0.29) is 29.5 Å². The number of carbonyl (C=O) groups excluding carboxylic acids is 2. The van der Waals surface area contributed by atoms with Gasteiger partial charge < -0.3 is 23.8 Å². The third-order valence-corrected chi connectivity index (χ3v) is 6.76. The number of hydrogen-bond donors (Lipinski definition) is 0. The van der Waals surface area contributed by atoms with Gasteiger partial charge in [0.05, 0.1) is 22.8 Å². The number of carbonyl (C=O) groups is 2. The highest BCUT2D eigenvalue weighted by atomic mass is 32.2. The van der Waals surface area contributed by atoms with E-state index in [2.05, 4.69) is 4.90 Å². The molecule has 31 heavy (non-hydrogen) atoms. The highest BCUT2D eigenvalue weighted by molar-refractivity contribution is 8.00. The lowest BCUT2D eigenvalue weighted by Crippen LogP contribution is -2.44. The number of ether oxygens (including phenoxy) is 2. The number of esters is 2. The van der Waals surface area contributed by atoms with Crippen LogP contribution in [0.3, 0.4) is 0 Å². The van der Waals surface area contributed by atoms with Gasteiger partial charge in [-0.05, 0) is 26.1 Å². The van der Waals surface area contributed by atoms with Crippen LogP contribution in [0.2, 0.25) is 0 Å². The number of likely N-dealkylation sites (N-methyl/N-ethyl adjacent to an activating group) is 1. The van der Waals surface area contributed by atoms with Gasteiger partial charge in [0, 0.05) is 38.5 Å². The Balaban J connectivity index is 1.86. The minimum absolute atomic E-state index is 0.0778. The van der Waals surface area contributed by atoms with Gasteiger partial charge in [-0.2, -0.15) is 0 Å². The first-order chi connectivity index (χ1) is 14.8. The summed E-state index contributed by atoms with van der Waals surface area (Å²) in [5, 5.41) is 0.236. The molecule has 1 aromatic carbocycles. The third-order valence-electron chi connectivity index (χ3n) is 5.52. The Morgan fingerprint density at radius 2 is 1.90 bits per heavy atom. The number of halogens is 1. The van der Waals surface area contributed by atoms with Crippen LogP contribution in [0, 0.1) is 5.82 Å². The number of anilines is 1. The van der Waals surface area contributed by atoms with E-state index in [9.17, 15) is 14.4 Å². The maximum absolute atomic E-state index is 15.1. The zero-order chi connectivity index (χ0) is 22.3. The molecule has 2 aliphatic rings. The molecule has 1 atom stereocenters. The monoisotopic (exact) mass is 449 g/mol. The molecule has 0 N–H and O–H groups in total. The van der Waals surface area contributed by atoms with Crippen molar-refractivity contribution in [2.24, 2.45) is 0 Å². The van der Waals surface area contributed by atoms with E-state index in [0.717, 1.165) is 13.1 Å². The standard InChI is InChI=1S/C21H24FN3O5S/c1-4-29-21(28)18-19(27)13-9-14(22)16(24-7-5-23(3)6-8-24)10-15(13)25-17(31-20(18)25)11-30-12(2)26/h9-10,17H,4-8,11H2,1-3H3. The van der Waals surface area contributed by atoms with E-state index in [1.54, 1.807) is 17.6 Å². The summed E-state index contributed by atoms with van der Waals surface area (Å²) >= 11 is 1.27. The van der Waals surface area contributed by atoms with Crippen LogP contribution in [0.5, 0.6) is 0 Å². The van der Waals surface area contributed by atoms with Crippen LogP contribution in [-0.2, 0) is 14.3 Å². The molecule has 1 fully saturated rings. The Bertz CT molecular complexity index is 1110. The molecule has 2 aromatic rings. The van der Waals surface area contributed by atoms with Crippen LogP contribution < -0.4 is 10.3 Å². The molecule has 0 saturated carbocycles. The van der Waals surface area contributed by atoms with Crippen molar-refractivity contribution in [1.29, 1.82) is 0 Å². The SMILES string of the molecule is CCOC(=O)c1c2n(c3cc(N4CCN(C)CC4)c(F)cc3c1=O)C(COC(C)=O)S2. The molecule has 0 aliphatic carbocycles. The average molecular weight is 450 g/mol. The fourth-order valence-electron chi connectivity index (χ4n) is 3.90. The second-order valence-corrected chi connectivity index (χ2v) is 8.75. The molecule has 1 unspecified atom stereocenters. The summed E-state index contributed by atoms with van der Waals surface area (Å²) in [5.74, 6) is -1.66. The Labute approximate surface area is 182 Å². The summed E-state index contributed by atoms with van der Waals surface area (Å²) in [6.45, 7) is 6.12. The zero-order valence-electron chi connectivity index (χ0n) is 17.6. The van der Waals surface area contributed by atoms with Crippen molar-refractivity contribution in [2.75, 3.05) is 51.3 Å². The van der Waals surface area contributed by atoms with Gasteiger partial charge in [-0.25, -0.2) is 9.18 Å². The van der Waals surface area contributed by atoms with E-state index in [0.29, 0.717) is 29.3 Å². The van der Waals surface area contributed by atoms with E-state index < -0.39 is 23.2 Å². The first-order valence-electron chi connectivity index (χ1n) is 10.1. The van der Waals surface area contributed by atoms with Crippen molar-refractivity contribution < 1.29 is 23.5 Å². The summed E-state index contributed by atoms with van der Waals surface area (Å²) in [4.78, 5) is 41.0. The minimum atomic E-state index is -0.736. The second kappa shape index (κ2) is 8.51. The molecule has 4 rings (SSSR count). The molecule has 0 bridgehead atoms. The number of benzene rings is 1. The van der Waals surface area contributed by atoms with Gasteiger partial charge in [0.1, 0.15) is 23.4 Å². The van der Waals surface area contributed by atoms with Crippen LogP contribution in [0.4, 0.5) is 10.1 Å². The van der Waals surface area contributed by atoms with Gasteiger partial charge in [0.2, 0.25) is 5.43 Å². The average Bonchev–Trinajstić information content (AvgIpc) is 2.70. The molecule has 0 radical (unpaired) electrons. The quantitative estimate of drug-likeness (QED) is 0.643. The Hall–Kier alpha value is -2.59. The summed E-state index contributed by atoms with van der Waals surface area (Å²) in [6, 6.07) is 2.86. The van der Waals surface area contributed by atoms with Crippen LogP contribution >= 0.6 is 11.8 Å². The molecule has 1 saturated heterocycles. The largest absolute Gasteiger partial charge is 0.463 e. The minimum Gasteiger partial charge on any atom is -0.463 e. The smallest absolute Gasteiger partial charge is 0.344 e. The predicted molar refractivity (Wildman–Crippen MR) is 115 cm³/mol. The zero-order valence-corrected chi connectivity index (χ0v) is 18.5. The van der Waals surface area contributed by atoms with Gasteiger partial charge in [-0.15, -0.1) is 0 Å². The molecule has 8 nitrogen and oxygen atoms in total. The van der Waals surface area contributed by atoms with Crippen molar-refractivity contribution in [1.82, 2.24) is 9.47 Å². The van der Waals surface area contributed by atoms with Gasteiger partial charge in [0.15, 0.2) is 0 Å². The van der Waals surface area contributed by atoms with Crippen molar-refractivity contribution >= 4 is 40.3 Å². The normalized spacial score (nSPS) is 18.5. The summed E-state index contributed by atoms with van der Waals surface area (Å²) < 4.78 is 27.1. The van der Waals surface area contributed by atoms with Crippen LogP contribution in [0.25, 0.3) is 10.9 Å². The molecule has 10 heteroatoms. The van der Waals surface area contributed by atoms with Crippen LogP contribution in [-0.4, -0.2) is 67.8 Å². The molecular formula is C21H24FN3O5S. The topological polar surface area (TPSA) is 81.1 Å². The number of hydrogen-bond acceptors (Lipinski definition) is 8. The molecule has 0 amide bonds. The first-order valence-corrected chi connectivity index (χ1v) is 11.0. The Morgan fingerprint density at radius 3 is 2.55 bits per heavy atom. The highest BCUT2D eigenvalue weighted by Crippen LogP contribution is 2.47. The van der Waals surface area contributed by atoms with E-state index in [1.165, 1.54) is 24.8 Å². The number of aromatic nitrogens is 1. The molecule has 1 aromatic heterocycles. The summed E-state index contributed by atoms with van der Waals surface area (Å²) in [6.07, 6.45) is 0. The van der Waals surface area contributed by atoms with E-state index in [1.807, 2.05) is 11.9 Å². The van der Waals surface area contributed by atoms with Gasteiger partial charge in [0.25, 0.3) is 0 Å². The van der Waals surface area contributed by atoms with Gasteiger partial charge >= 0.3 is 11.9 Å². The van der Waals surface area contributed by atoms with Crippen LogP contribution in [0.1, 0.15) is 29.6 Å². The molecule has 3 heterocycles.